The number of rotatable bonds is 3. The highest BCUT2D eigenvalue weighted by Gasteiger charge is 2.40. The molecule has 1 atom stereocenters. The Morgan fingerprint density at radius 2 is 1.35 bits per heavy atom. The van der Waals surface area contributed by atoms with Crippen molar-refractivity contribution in [2.45, 2.75) is 88.6 Å². The molecule has 0 spiro atoms. The van der Waals surface area contributed by atoms with Gasteiger partial charge in [-0.3, -0.25) is 4.79 Å². The molecular formula is C39H41B2N3O2. The molecule has 230 valence electrons. The summed E-state index contributed by atoms with van der Waals surface area (Å²) in [6.45, 7) is 2.77. The number of carbonyl (C=O) groups is 1. The number of hydrogen-bond acceptors (Lipinski definition) is 5. The minimum atomic E-state index is -0.0738. The normalized spacial score (nSPS) is 23.0. The van der Waals surface area contributed by atoms with Crippen molar-refractivity contribution in [1.29, 1.82) is 0 Å². The maximum Gasteiger partial charge on any atom is 0.373 e. The fraction of sp³-hybridized carbons (Fsp3) is 0.359. The van der Waals surface area contributed by atoms with Crippen molar-refractivity contribution in [3.8, 4) is 0 Å². The topological polar surface area (TPSA) is 73.4 Å². The highest BCUT2D eigenvalue weighted by atomic mass is 16.3. The van der Waals surface area contributed by atoms with E-state index in [1.54, 1.807) is 0 Å². The van der Waals surface area contributed by atoms with Gasteiger partial charge in [-0.2, -0.15) is 0 Å². The van der Waals surface area contributed by atoms with E-state index in [1.165, 1.54) is 64.2 Å². The third kappa shape index (κ3) is 4.34. The number of anilines is 3. The van der Waals surface area contributed by atoms with E-state index in [4.69, 9.17) is 0 Å². The summed E-state index contributed by atoms with van der Waals surface area (Å²) in [4.78, 5) is 14.3. The van der Waals surface area contributed by atoms with E-state index >= 15 is 0 Å². The predicted octanol–water partition coefficient (Wildman–Crippen LogP) is 8.28. The standard InChI is InChI=1S/C39H41B2N3O2/c1-23-22-30-28(20-18-24-10-8-16-31(33(24)30)42-40(23)26-12-4-2-5-13-26)35-38(45)36(39(35)46)29-21-19-25-11-9-17-32-34(25)37(29)44-41(43-32)27-14-6-3-7-15-27/h8-11,16-23,26-27,42-45H,2-7,12-15H2,1H3/b35-28-. The van der Waals surface area contributed by atoms with Crippen LogP contribution in [0.2, 0.25) is 17.5 Å². The summed E-state index contributed by atoms with van der Waals surface area (Å²) in [6.07, 6.45) is 15.1. The van der Waals surface area contributed by atoms with Gasteiger partial charge in [-0.1, -0.05) is 126 Å². The van der Waals surface area contributed by atoms with Crippen molar-refractivity contribution >= 4 is 75.4 Å². The Morgan fingerprint density at radius 3 is 2.07 bits per heavy atom. The molecule has 2 heterocycles. The summed E-state index contributed by atoms with van der Waals surface area (Å²) in [5.74, 6) is 1.50. The summed E-state index contributed by atoms with van der Waals surface area (Å²) in [5.41, 5.74) is 4.88. The van der Waals surface area contributed by atoms with Crippen molar-refractivity contribution in [3.63, 3.8) is 0 Å². The molecule has 1 unspecified atom stereocenters. The molecular weight excluding hydrogens is 564 g/mol. The molecule has 0 bridgehead atoms. The van der Waals surface area contributed by atoms with Crippen LogP contribution in [0.25, 0.3) is 38.8 Å². The fourth-order valence-electron chi connectivity index (χ4n) is 9.46. The van der Waals surface area contributed by atoms with Gasteiger partial charge in [0.25, 0.3) is 6.85 Å². The lowest BCUT2D eigenvalue weighted by molar-refractivity contribution is -0.109. The minimum absolute atomic E-state index is 0.0738. The van der Waals surface area contributed by atoms with Crippen LogP contribution in [0.15, 0.2) is 66.4 Å². The zero-order valence-electron chi connectivity index (χ0n) is 26.7. The summed E-state index contributed by atoms with van der Waals surface area (Å²) < 4.78 is 0. The van der Waals surface area contributed by atoms with E-state index in [0.29, 0.717) is 29.6 Å². The Morgan fingerprint density at radius 1 is 0.696 bits per heavy atom. The third-order valence-corrected chi connectivity index (χ3v) is 11.8. The molecule has 5 aliphatic rings. The van der Waals surface area contributed by atoms with Crippen LogP contribution in [0.4, 0.5) is 17.1 Å². The van der Waals surface area contributed by atoms with Gasteiger partial charge in [0, 0.05) is 33.4 Å². The number of aliphatic hydroxyl groups is 1. The monoisotopic (exact) mass is 605 g/mol. The first-order valence-electron chi connectivity index (χ1n) is 17.7. The molecule has 0 radical (unpaired) electrons. The molecule has 2 saturated carbocycles. The number of allylic oxidation sites excluding steroid dienone is 2. The van der Waals surface area contributed by atoms with Gasteiger partial charge in [-0.05, 0) is 50.8 Å². The number of aliphatic hydroxyl groups excluding tert-OH is 1. The third-order valence-electron chi connectivity index (χ3n) is 11.8. The van der Waals surface area contributed by atoms with E-state index in [0.717, 1.165) is 54.6 Å². The van der Waals surface area contributed by atoms with E-state index in [1.807, 2.05) is 6.07 Å². The summed E-state index contributed by atoms with van der Waals surface area (Å²) in [5, 5.41) is 29.9. The van der Waals surface area contributed by atoms with Crippen LogP contribution in [0.1, 0.15) is 76.7 Å². The Labute approximate surface area is 271 Å². The summed E-state index contributed by atoms with van der Waals surface area (Å²) >= 11 is 0. The second-order valence-electron chi connectivity index (χ2n) is 14.5. The molecule has 2 aliphatic heterocycles. The average Bonchev–Trinajstić information content (AvgIpc) is 3.25. The summed E-state index contributed by atoms with van der Waals surface area (Å²) in [7, 11) is 0. The van der Waals surface area contributed by atoms with Crippen molar-refractivity contribution in [2.75, 3.05) is 15.7 Å². The average molecular weight is 605 g/mol. The van der Waals surface area contributed by atoms with E-state index in [2.05, 4.69) is 83.3 Å². The first kappa shape index (κ1) is 28.1. The zero-order valence-corrected chi connectivity index (χ0v) is 26.7. The molecule has 7 heteroatoms. The number of ketones is 1. The molecule has 4 N–H and O–H groups in total. The van der Waals surface area contributed by atoms with Gasteiger partial charge in [0.05, 0.1) is 11.1 Å². The van der Waals surface area contributed by atoms with E-state index in [-0.39, 0.29) is 24.3 Å². The Balaban J connectivity index is 1.20. The van der Waals surface area contributed by atoms with Gasteiger partial charge in [0.15, 0.2) is 0 Å². The number of Topliss-reactive ketones (excluding diaryl/α,β-unsaturated/α-hetero) is 1. The molecule has 0 amide bonds. The van der Waals surface area contributed by atoms with Gasteiger partial charge in [0.2, 0.25) is 5.78 Å². The lowest BCUT2D eigenvalue weighted by atomic mass is 9.41. The molecule has 46 heavy (non-hydrogen) atoms. The predicted molar refractivity (Wildman–Crippen MR) is 195 cm³/mol. The Bertz CT molecular complexity index is 2080. The van der Waals surface area contributed by atoms with Crippen LogP contribution in [0.5, 0.6) is 0 Å². The maximum atomic E-state index is 14.3. The fourth-order valence-corrected chi connectivity index (χ4v) is 9.46. The maximum absolute atomic E-state index is 14.3. The first-order chi connectivity index (χ1) is 22.6. The quantitative estimate of drug-likeness (QED) is 0.177. The van der Waals surface area contributed by atoms with Crippen LogP contribution < -0.4 is 26.1 Å². The van der Waals surface area contributed by atoms with Crippen molar-refractivity contribution in [2.24, 2.45) is 0 Å². The largest absolute Gasteiger partial charge is 0.506 e. The van der Waals surface area contributed by atoms with Gasteiger partial charge in [0.1, 0.15) is 5.76 Å². The van der Waals surface area contributed by atoms with Gasteiger partial charge in [-0.25, -0.2) is 0 Å². The van der Waals surface area contributed by atoms with Gasteiger partial charge < -0.3 is 20.8 Å². The zero-order chi connectivity index (χ0) is 30.9. The first-order valence-corrected chi connectivity index (χ1v) is 17.7. The number of carbonyl (C=O) groups excluding carboxylic acids is 1. The van der Waals surface area contributed by atoms with Crippen LogP contribution in [0.3, 0.4) is 0 Å². The lowest BCUT2D eigenvalue weighted by Crippen LogP contribution is -2.43. The molecule has 5 nitrogen and oxygen atoms in total. The van der Waals surface area contributed by atoms with Crippen molar-refractivity contribution < 1.29 is 9.90 Å². The van der Waals surface area contributed by atoms with Gasteiger partial charge in [-0.15, -0.1) is 0 Å². The smallest absolute Gasteiger partial charge is 0.373 e. The molecule has 9 rings (SSSR count). The van der Waals surface area contributed by atoms with Gasteiger partial charge >= 0.3 is 6.98 Å². The molecule has 4 aromatic rings. The van der Waals surface area contributed by atoms with Crippen LogP contribution >= 0.6 is 0 Å². The highest BCUT2D eigenvalue weighted by molar-refractivity contribution is 6.70. The van der Waals surface area contributed by atoms with Crippen LogP contribution in [0, 0.1) is 0 Å². The van der Waals surface area contributed by atoms with Crippen LogP contribution in [-0.2, 0) is 4.79 Å². The van der Waals surface area contributed by atoms with Crippen LogP contribution in [-0.4, -0.2) is 24.7 Å². The van der Waals surface area contributed by atoms with Crippen molar-refractivity contribution in [3.05, 3.63) is 82.4 Å². The second-order valence-corrected chi connectivity index (χ2v) is 14.5. The Kier molecular flexibility index (Phi) is 6.73. The summed E-state index contributed by atoms with van der Waals surface area (Å²) in [6, 6.07) is 21.1. The number of benzene rings is 4. The van der Waals surface area contributed by atoms with Crippen molar-refractivity contribution in [1.82, 2.24) is 0 Å². The molecule has 0 aromatic heterocycles. The lowest BCUT2D eigenvalue weighted by Gasteiger charge is -2.35. The Hall–Kier alpha value is -4.12. The van der Waals surface area contributed by atoms with E-state index in [9.17, 15) is 9.90 Å². The molecule has 3 aliphatic carbocycles. The molecule has 0 saturated heterocycles. The molecule has 4 aromatic carbocycles. The minimum Gasteiger partial charge on any atom is -0.506 e. The highest BCUT2D eigenvalue weighted by Crippen LogP contribution is 2.47. The number of nitrogens with one attached hydrogen (secondary N) is 3. The van der Waals surface area contributed by atoms with E-state index < -0.39 is 0 Å². The SMILES string of the molecule is CC1C=c2/c(=C3\C(=O)C(c4ccc5cccc6c5c4NB(C4CCCCC4)N6)=C3O)ccc3cccc(c23)NB1C1CCCCC1. The molecule has 2 fully saturated rings. The number of hydrogen-bond donors (Lipinski definition) is 4. The second kappa shape index (κ2) is 11.0.